The van der Waals surface area contributed by atoms with Crippen molar-refractivity contribution in [2.75, 3.05) is 5.73 Å². The van der Waals surface area contributed by atoms with Crippen LogP contribution in [0.25, 0.3) is 28.1 Å². The van der Waals surface area contributed by atoms with Crippen molar-refractivity contribution < 1.29 is 0 Å². The predicted octanol–water partition coefficient (Wildman–Crippen LogP) is 1.18. The zero-order chi connectivity index (χ0) is 14.2. The van der Waals surface area contributed by atoms with Crippen LogP contribution in [0.5, 0.6) is 0 Å². The van der Waals surface area contributed by atoms with E-state index in [1.165, 1.54) is 0 Å². The molecule has 3 aromatic heterocycles. The highest BCUT2D eigenvalue weighted by molar-refractivity contribution is 5.89. The molecule has 8 heteroatoms. The lowest BCUT2D eigenvalue weighted by molar-refractivity contribution is 0.806. The Kier molecular flexibility index (Phi) is 2.40. The first-order chi connectivity index (χ1) is 10.3. The average molecular weight is 278 g/mol. The maximum Gasteiger partial charge on any atom is 0.222 e. The highest BCUT2D eigenvalue weighted by Gasteiger charge is 2.16. The summed E-state index contributed by atoms with van der Waals surface area (Å²) in [5.74, 6) is 0.169. The molecule has 0 saturated carbocycles. The highest BCUT2D eigenvalue weighted by Crippen LogP contribution is 2.26. The van der Waals surface area contributed by atoms with Gasteiger partial charge in [0.25, 0.3) is 0 Å². The van der Waals surface area contributed by atoms with Crippen LogP contribution >= 0.6 is 0 Å². The minimum atomic E-state index is 0.169. The first kappa shape index (κ1) is 11.5. The number of aromatic amines is 1. The van der Waals surface area contributed by atoms with Crippen molar-refractivity contribution in [2.45, 2.75) is 0 Å². The number of H-pyrrole nitrogens is 1. The minimum absolute atomic E-state index is 0.169. The molecule has 21 heavy (non-hydrogen) atoms. The second-order valence-corrected chi connectivity index (χ2v) is 4.43. The van der Waals surface area contributed by atoms with E-state index in [0.717, 1.165) is 16.8 Å². The van der Waals surface area contributed by atoms with Crippen LogP contribution in [0.15, 0.2) is 42.7 Å². The van der Waals surface area contributed by atoms with Gasteiger partial charge in [-0.15, -0.1) is 5.10 Å². The van der Waals surface area contributed by atoms with Crippen molar-refractivity contribution in [2.24, 2.45) is 0 Å². The smallest absolute Gasteiger partial charge is 0.222 e. The largest absolute Gasteiger partial charge is 0.368 e. The molecule has 1 aromatic carbocycles. The summed E-state index contributed by atoms with van der Waals surface area (Å²) in [6.45, 7) is 0. The van der Waals surface area contributed by atoms with Crippen molar-refractivity contribution in [3.63, 3.8) is 0 Å². The standard InChI is InChI=1S/C13H10N8/c14-13-17-11(9-6-15-19-12(9)18-13)10-7-16-20-21(10)8-4-2-1-3-5-8/h1-7H,(H3,14,15,17,18,19). The van der Waals surface area contributed by atoms with Crippen molar-refractivity contribution in [3.05, 3.63) is 42.7 Å². The summed E-state index contributed by atoms with van der Waals surface area (Å²) < 4.78 is 1.70. The number of nitrogen functional groups attached to an aromatic ring is 1. The van der Waals surface area contributed by atoms with Gasteiger partial charge >= 0.3 is 0 Å². The van der Waals surface area contributed by atoms with Gasteiger partial charge in [-0.3, -0.25) is 5.10 Å². The van der Waals surface area contributed by atoms with E-state index in [2.05, 4.69) is 30.5 Å². The van der Waals surface area contributed by atoms with Gasteiger partial charge in [0.2, 0.25) is 5.95 Å². The number of nitrogens with zero attached hydrogens (tertiary/aromatic N) is 6. The van der Waals surface area contributed by atoms with Crippen LogP contribution in [0.1, 0.15) is 0 Å². The highest BCUT2D eigenvalue weighted by atomic mass is 15.4. The van der Waals surface area contributed by atoms with Crippen LogP contribution in [0, 0.1) is 0 Å². The van der Waals surface area contributed by atoms with E-state index in [4.69, 9.17) is 5.73 Å². The number of rotatable bonds is 2. The topological polar surface area (TPSA) is 111 Å². The van der Waals surface area contributed by atoms with Gasteiger partial charge in [0.05, 0.1) is 23.5 Å². The van der Waals surface area contributed by atoms with Gasteiger partial charge in [-0.1, -0.05) is 23.4 Å². The molecule has 0 saturated heterocycles. The predicted molar refractivity (Wildman–Crippen MR) is 76.4 cm³/mol. The first-order valence-electron chi connectivity index (χ1n) is 6.26. The molecule has 0 radical (unpaired) electrons. The monoisotopic (exact) mass is 278 g/mol. The first-order valence-corrected chi connectivity index (χ1v) is 6.26. The summed E-state index contributed by atoms with van der Waals surface area (Å²) in [4.78, 5) is 8.42. The molecule has 0 atom stereocenters. The summed E-state index contributed by atoms with van der Waals surface area (Å²) in [6.07, 6.45) is 3.30. The molecule has 0 amide bonds. The Morgan fingerprint density at radius 1 is 1.05 bits per heavy atom. The molecule has 3 heterocycles. The number of anilines is 1. The number of hydrogen-bond donors (Lipinski definition) is 2. The maximum absolute atomic E-state index is 5.76. The Bertz CT molecular complexity index is 908. The Balaban J connectivity index is 1.99. The summed E-state index contributed by atoms with van der Waals surface area (Å²) >= 11 is 0. The van der Waals surface area contributed by atoms with Crippen LogP contribution in [0.3, 0.4) is 0 Å². The Labute approximate surface area is 118 Å². The molecule has 0 bridgehead atoms. The van der Waals surface area contributed by atoms with E-state index < -0.39 is 0 Å². The average Bonchev–Trinajstić information content (AvgIpc) is 3.16. The molecule has 4 rings (SSSR count). The molecule has 0 spiro atoms. The van der Waals surface area contributed by atoms with Gasteiger partial charge in [-0.05, 0) is 12.1 Å². The van der Waals surface area contributed by atoms with E-state index >= 15 is 0 Å². The molecule has 0 aliphatic rings. The molecule has 0 aliphatic heterocycles. The van der Waals surface area contributed by atoms with Gasteiger partial charge < -0.3 is 5.73 Å². The molecule has 0 aliphatic carbocycles. The third-order valence-corrected chi connectivity index (χ3v) is 3.12. The summed E-state index contributed by atoms with van der Waals surface area (Å²) in [6, 6.07) is 9.69. The van der Waals surface area contributed by atoms with Crippen molar-refractivity contribution in [3.8, 4) is 17.1 Å². The third kappa shape index (κ3) is 1.81. The van der Waals surface area contributed by atoms with Gasteiger partial charge in [-0.25, -0.2) is 9.67 Å². The van der Waals surface area contributed by atoms with Crippen LogP contribution < -0.4 is 5.73 Å². The van der Waals surface area contributed by atoms with E-state index in [0.29, 0.717) is 11.3 Å². The van der Waals surface area contributed by atoms with Gasteiger partial charge in [-0.2, -0.15) is 10.1 Å². The molecular weight excluding hydrogens is 268 g/mol. The van der Waals surface area contributed by atoms with Gasteiger partial charge in [0.15, 0.2) is 5.65 Å². The van der Waals surface area contributed by atoms with Crippen molar-refractivity contribution in [1.82, 2.24) is 35.2 Å². The van der Waals surface area contributed by atoms with Crippen LogP contribution in [-0.4, -0.2) is 35.2 Å². The quantitative estimate of drug-likeness (QED) is 0.569. The van der Waals surface area contributed by atoms with E-state index in [1.54, 1.807) is 17.1 Å². The molecular formula is C13H10N8. The van der Waals surface area contributed by atoms with Crippen molar-refractivity contribution >= 4 is 17.0 Å². The molecule has 8 nitrogen and oxygen atoms in total. The number of aromatic nitrogens is 7. The molecule has 0 fully saturated rings. The Hall–Kier alpha value is -3.29. The number of hydrogen-bond acceptors (Lipinski definition) is 6. The van der Waals surface area contributed by atoms with Gasteiger partial charge in [0, 0.05) is 0 Å². The third-order valence-electron chi connectivity index (χ3n) is 3.12. The van der Waals surface area contributed by atoms with E-state index in [-0.39, 0.29) is 5.95 Å². The number of fused-ring (bicyclic) bond motifs is 1. The summed E-state index contributed by atoms with van der Waals surface area (Å²) in [5, 5.41) is 15.6. The van der Waals surface area contributed by atoms with Crippen LogP contribution in [-0.2, 0) is 0 Å². The number of para-hydroxylation sites is 1. The molecule has 0 unspecified atom stereocenters. The Morgan fingerprint density at radius 3 is 2.76 bits per heavy atom. The fraction of sp³-hybridized carbons (Fsp3) is 0. The molecule has 102 valence electrons. The Morgan fingerprint density at radius 2 is 1.90 bits per heavy atom. The summed E-state index contributed by atoms with van der Waals surface area (Å²) in [7, 11) is 0. The maximum atomic E-state index is 5.76. The number of nitrogens with two attached hydrogens (primary N) is 1. The zero-order valence-corrected chi connectivity index (χ0v) is 10.8. The van der Waals surface area contributed by atoms with E-state index in [1.807, 2.05) is 30.3 Å². The lowest BCUT2D eigenvalue weighted by Crippen LogP contribution is -2.03. The second kappa shape index (κ2) is 4.37. The molecule has 3 N–H and O–H groups in total. The van der Waals surface area contributed by atoms with Crippen LogP contribution in [0.4, 0.5) is 5.95 Å². The normalized spacial score (nSPS) is 11.0. The van der Waals surface area contributed by atoms with Crippen molar-refractivity contribution in [1.29, 1.82) is 0 Å². The summed E-state index contributed by atoms with van der Waals surface area (Å²) in [5.41, 5.74) is 8.59. The number of benzene rings is 1. The SMILES string of the molecule is Nc1nc(-c2cnnn2-c2ccccc2)c2cn[nH]c2n1. The molecule has 4 aromatic rings. The lowest BCUT2D eigenvalue weighted by Gasteiger charge is -2.06. The van der Waals surface area contributed by atoms with E-state index in [9.17, 15) is 0 Å². The van der Waals surface area contributed by atoms with Gasteiger partial charge in [0.1, 0.15) is 11.4 Å². The fourth-order valence-electron chi connectivity index (χ4n) is 2.20. The van der Waals surface area contributed by atoms with Crippen LogP contribution in [0.2, 0.25) is 0 Å². The zero-order valence-electron chi connectivity index (χ0n) is 10.8. The lowest BCUT2D eigenvalue weighted by atomic mass is 10.2. The number of nitrogens with one attached hydrogen (secondary N) is 1. The minimum Gasteiger partial charge on any atom is -0.368 e. The second-order valence-electron chi connectivity index (χ2n) is 4.43. The fourth-order valence-corrected chi connectivity index (χ4v) is 2.20.